The van der Waals surface area contributed by atoms with E-state index < -0.39 is 11.4 Å². The van der Waals surface area contributed by atoms with Gasteiger partial charge in [-0.2, -0.15) is 0 Å². The third kappa shape index (κ3) is 4.07. The van der Waals surface area contributed by atoms with Gasteiger partial charge in [0.2, 0.25) is 5.91 Å². The van der Waals surface area contributed by atoms with Crippen molar-refractivity contribution in [2.24, 2.45) is 5.41 Å². The number of hydrogen-bond donors (Lipinski definition) is 2. The lowest BCUT2D eigenvalue weighted by atomic mass is 9.80. The molecule has 1 aliphatic heterocycles. The minimum atomic E-state index is -0.885. The largest absolute Gasteiger partial charge is 0.481 e. The highest BCUT2D eigenvalue weighted by Crippen LogP contribution is 2.30. The van der Waals surface area contributed by atoms with Crippen LogP contribution < -0.4 is 5.32 Å². The second-order valence-electron chi connectivity index (χ2n) is 5.99. The average molecular weight is 305 g/mol. The van der Waals surface area contributed by atoms with E-state index in [1.807, 2.05) is 37.3 Å². The highest BCUT2D eigenvalue weighted by Gasteiger charge is 2.40. The number of rotatable bonds is 6. The van der Waals surface area contributed by atoms with Crippen molar-refractivity contribution in [3.05, 3.63) is 35.9 Å². The molecule has 1 aromatic carbocycles. The number of carboxylic acid groups (broad SMARTS) is 1. The zero-order valence-electron chi connectivity index (χ0n) is 12.9. The molecule has 1 aliphatic rings. The number of ether oxygens (including phenoxy) is 1. The molecular formula is C17H23NO4. The first-order valence-corrected chi connectivity index (χ1v) is 7.66. The molecule has 5 heteroatoms. The SMILES string of the molecule is CC(CC(=O)NCC1(C(=O)O)CCOCC1)c1ccccc1. The molecule has 2 N–H and O–H groups in total. The van der Waals surface area contributed by atoms with E-state index in [0.717, 1.165) is 5.56 Å². The highest BCUT2D eigenvalue weighted by molar-refractivity contribution is 5.79. The molecular weight excluding hydrogens is 282 g/mol. The van der Waals surface area contributed by atoms with Crippen molar-refractivity contribution < 1.29 is 19.4 Å². The van der Waals surface area contributed by atoms with Crippen LogP contribution in [0.3, 0.4) is 0 Å². The first-order valence-electron chi connectivity index (χ1n) is 7.66. The van der Waals surface area contributed by atoms with Gasteiger partial charge in [-0.3, -0.25) is 9.59 Å². The summed E-state index contributed by atoms with van der Waals surface area (Å²) >= 11 is 0. The smallest absolute Gasteiger partial charge is 0.311 e. The molecule has 120 valence electrons. The molecule has 1 atom stereocenters. The Bertz CT molecular complexity index is 509. The predicted octanol–water partition coefficient (Wildman–Crippen LogP) is 2.18. The summed E-state index contributed by atoms with van der Waals surface area (Å²) in [5.74, 6) is -0.854. The lowest BCUT2D eigenvalue weighted by molar-refractivity contribution is -0.154. The summed E-state index contributed by atoms with van der Waals surface area (Å²) in [6.07, 6.45) is 1.24. The summed E-state index contributed by atoms with van der Waals surface area (Å²) in [4.78, 5) is 23.6. The van der Waals surface area contributed by atoms with Crippen molar-refractivity contribution in [2.45, 2.75) is 32.1 Å². The molecule has 1 aromatic rings. The average Bonchev–Trinajstić information content (AvgIpc) is 2.54. The van der Waals surface area contributed by atoms with Gasteiger partial charge < -0.3 is 15.2 Å². The minimum absolute atomic E-state index is 0.108. The Labute approximate surface area is 130 Å². The van der Waals surface area contributed by atoms with Gasteiger partial charge in [0, 0.05) is 26.2 Å². The maximum absolute atomic E-state index is 12.1. The number of carbonyl (C=O) groups is 2. The summed E-state index contributed by atoms with van der Waals surface area (Å²) in [6, 6.07) is 9.83. The Morgan fingerprint density at radius 2 is 1.91 bits per heavy atom. The van der Waals surface area contributed by atoms with Gasteiger partial charge in [0.05, 0.1) is 5.41 Å². The standard InChI is InChI=1S/C17H23NO4/c1-13(14-5-3-2-4-6-14)11-15(19)18-12-17(16(20)21)7-9-22-10-8-17/h2-6,13H,7-12H2,1H3,(H,18,19)(H,20,21). The van der Waals surface area contributed by atoms with E-state index in [4.69, 9.17) is 4.74 Å². The van der Waals surface area contributed by atoms with Crippen molar-refractivity contribution in [3.63, 3.8) is 0 Å². The summed E-state index contributed by atoms with van der Waals surface area (Å²) in [5, 5.41) is 12.3. The Balaban J connectivity index is 1.87. The Morgan fingerprint density at radius 1 is 1.27 bits per heavy atom. The maximum atomic E-state index is 12.1. The zero-order chi connectivity index (χ0) is 16.0. The highest BCUT2D eigenvalue weighted by atomic mass is 16.5. The van der Waals surface area contributed by atoms with Crippen molar-refractivity contribution in [2.75, 3.05) is 19.8 Å². The van der Waals surface area contributed by atoms with Gasteiger partial charge in [-0.1, -0.05) is 37.3 Å². The van der Waals surface area contributed by atoms with Crippen LogP contribution in [0.5, 0.6) is 0 Å². The second kappa shape index (κ2) is 7.40. The minimum Gasteiger partial charge on any atom is -0.481 e. The number of carboxylic acids is 1. The van der Waals surface area contributed by atoms with E-state index in [-0.39, 0.29) is 18.4 Å². The molecule has 1 fully saturated rings. The van der Waals surface area contributed by atoms with E-state index in [1.165, 1.54) is 0 Å². The van der Waals surface area contributed by atoms with Gasteiger partial charge in [-0.25, -0.2) is 0 Å². The molecule has 0 aromatic heterocycles. The molecule has 0 bridgehead atoms. The number of benzene rings is 1. The molecule has 2 rings (SSSR count). The number of hydrogen-bond acceptors (Lipinski definition) is 3. The Hall–Kier alpha value is -1.88. The van der Waals surface area contributed by atoms with Crippen LogP contribution in [-0.2, 0) is 14.3 Å². The van der Waals surface area contributed by atoms with E-state index in [0.29, 0.717) is 32.5 Å². The first-order chi connectivity index (χ1) is 10.5. The zero-order valence-corrected chi connectivity index (χ0v) is 12.9. The number of amides is 1. The van der Waals surface area contributed by atoms with Crippen LogP contribution in [0.25, 0.3) is 0 Å². The quantitative estimate of drug-likeness (QED) is 0.844. The van der Waals surface area contributed by atoms with Crippen LogP contribution in [0.1, 0.15) is 37.7 Å². The third-order valence-corrected chi connectivity index (χ3v) is 4.39. The molecule has 1 saturated heterocycles. The van der Waals surface area contributed by atoms with Crippen LogP contribution in [0.2, 0.25) is 0 Å². The fourth-order valence-electron chi connectivity index (χ4n) is 2.75. The Kier molecular flexibility index (Phi) is 5.55. The molecule has 0 aliphatic carbocycles. The van der Waals surface area contributed by atoms with E-state index >= 15 is 0 Å². The third-order valence-electron chi connectivity index (χ3n) is 4.39. The first kappa shape index (κ1) is 16.5. The van der Waals surface area contributed by atoms with Crippen molar-refractivity contribution in [1.82, 2.24) is 5.32 Å². The van der Waals surface area contributed by atoms with Crippen LogP contribution in [-0.4, -0.2) is 36.7 Å². The van der Waals surface area contributed by atoms with Gasteiger partial charge in [0.15, 0.2) is 0 Å². The summed E-state index contributed by atoms with van der Waals surface area (Å²) in [7, 11) is 0. The Morgan fingerprint density at radius 3 is 2.50 bits per heavy atom. The van der Waals surface area contributed by atoms with Crippen LogP contribution in [0, 0.1) is 5.41 Å². The summed E-state index contributed by atoms with van der Waals surface area (Å²) in [6.45, 7) is 3.04. The predicted molar refractivity (Wildman–Crippen MR) is 82.6 cm³/mol. The van der Waals surface area contributed by atoms with Gasteiger partial charge in [0.25, 0.3) is 0 Å². The van der Waals surface area contributed by atoms with Crippen molar-refractivity contribution >= 4 is 11.9 Å². The van der Waals surface area contributed by atoms with Gasteiger partial charge in [-0.15, -0.1) is 0 Å². The lowest BCUT2D eigenvalue weighted by Gasteiger charge is -2.33. The van der Waals surface area contributed by atoms with E-state index in [2.05, 4.69) is 5.32 Å². The number of aliphatic carboxylic acids is 1. The second-order valence-corrected chi connectivity index (χ2v) is 5.99. The molecule has 0 radical (unpaired) electrons. The van der Waals surface area contributed by atoms with Gasteiger partial charge in [-0.05, 0) is 24.3 Å². The molecule has 1 amide bonds. The fraction of sp³-hybridized carbons (Fsp3) is 0.529. The summed E-state index contributed by atoms with van der Waals surface area (Å²) < 4.78 is 5.23. The molecule has 1 heterocycles. The van der Waals surface area contributed by atoms with Gasteiger partial charge in [0.1, 0.15) is 0 Å². The van der Waals surface area contributed by atoms with E-state index in [1.54, 1.807) is 0 Å². The summed E-state index contributed by atoms with van der Waals surface area (Å²) in [5.41, 5.74) is 0.223. The molecule has 0 saturated carbocycles. The number of nitrogens with one attached hydrogen (secondary N) is 1. The normalized spacial score (nSPS) is 18.4. The van der Waals surface area contributed by atoms with Crippen LogP contribution in [0.4, 0.5) is 0 Å². The maximum Gasteiger partial charge on any atom is 0.311 e. The molecule has 0 spiro atoms. The van der Waals surface area contributed by atoms with Gasteiger partial charge >= 0.3 is 5.97 Å². The van der Waals surface area contributed by atoms with Crippen LogP contribution in [0.15, 0.2) is 30.3 Å². The van der Waals surface area contributed by atoms with Crippen molar-refractivity contribution in [1.29, 1.82) is 0 Å². The van der Waals surface area contributed by atoms with E-state index in [9.17, 15) is 14.7 Å². The molecule has 1 unspecified atom stereocenters. The number of carbonyl (C=O) groups excluding carboxylic acids is 1. The fourth-order valence-corrected chi connectivity index (χ4v) is 2.75. The molecule has 5 nitrogen and oxygen atoms in total. The monoisotopic (exact) mass is 305 g/mol. The topological polar surface area (TPSA) is 75.6 Å². The lowest BCUT2D eigenvalue weighted by Crippen LogP contribution is -2.46. The molecule has 22 heavy (non-hydrogen) atoms. The van der Waals surface area contributed by atoms with Crippen LogP contribution >= 0.6 is 0 Å². The van der Waals surface area contributed by atoms with Crippen molar-refractivity contribution in [3.8, 4) is 0 Å².